The molecule has 1 aromatic rings. The second-order valence-corrected chi connectivity index (χ2v) is 5.27. The topological polar surface area (TPSA) is 84.9 Å². The summed E-state index contributed by atoms with van der Waals surface area (Å²) in [5, 5.41) is 11.8. The molecule has 0 aromatic heterocycles. The van der Waals surface area contributed by atoms with Gasteiger partial charge in [0.25, 0.3) is 5.91 Å². The van der Waals surface area contributed by atoms with Crippen molar-refractivity contribution in [2.75, 3.05) is 20.8 Å². The van der Waals surface area contributed by atoms with Crippen molar-refractivity contribution >= 4 is 11.9 Å². The van der Waals surface area contributed by atoms with Gasteiger partial charge in [-0.2, -0.15) is 0 Å². The molecule has 0 heterocycles. The molecule has 6 nitrogen and oxygen atoms in total. The third kappa shape index (κ3) is 2.94. The van der Waals surface area contributed by atoms with Crippen molar-refractivity contribution in [1.29, 1.82) is 0 Å². The molecule has 1 fully saturated rings. The van der Waals surface area contributed by atoms with Gasteiger partial charge in [0.2, 0.25) is 0 Å². The van der Waals surface area contributed by atoms with E-state index in [1.54, 1.807) is 12.1 Å². The maximum absolute atomic E-state index is 12.2. The molecule has 0 spiro atoms. The summed E-state index contributed by atoms with van der Waals surface area (Å²) in [6.07, 6.45) is 1.20. The summed E-state index contributed by atoms with van der Waals surface area (Å²) in [6.45, 7) is 1.97. The fourth-order valence-corrected chi connectivity index (χ4v) is 2.19. The number of nitrogens with one attached hydrogen (secondary N) is 1. The molecule has 0 unspecified atom stereocenters. The highest BCUT2D eigenvalue weighted by atomic mass is 16.5. The summed E-state index contributed by atoms with van der Waals surface area (Å²) >= 11 is 0. The van der Waals surface area contributed by atoms with Crippen molar-refractivity contribution in [2.24, 2.45) is 5.41 Å². The predicted octanol–water partition coefficient (Wildman–Crippen LogP) is 1.61. The van der Waals surface area contributed by atoms with Crippen molar-refractivity contribution in [3.8, 4) is 11.5 Å². The van der Waals surface area contributed by atoms with Crippen LogP contribution in [0.3, 0.4) is 0 Å². The number of carbonyl (C=O) groups is 2. The summed E-state index contributed by atoms with van der Waals surface area (Å²) in [6, 6.07) is 3.24. The van der Waals surface area contributed by atoms with Crippen LogP contribution in [0.5, 0.6) is 11.5 Å². The third-order valence-corrected chi connectivity index (χ3v) is 3.91. The minimum Gasteiger partial charge on any atom is -0.496 e. The van der Waals surface area contributed by atoms with Gasteiger partial charge in [0.15, 0.2) is 0 Å². The van der Waals surface area contributed by atoms with E-state index in [9.17, 15) is 9.59 Å². The molecule has 21 heavy (non-hydrogen) atoms. The maximum Gasteiger partial charge on any atom is 0.311 e. The number of hydrogen-bond acceptors (Lipinski definition) is 4. The molecule has 0 radical (unpaired) electrons. The Hall–Kier alpha value is -2.24. The molecular weight excluding hydrogens is 274 g/mol. The molecule has 114 valence electrons. The lowest BCUT2D eigenvalue weighted by molar-refractivity contribution is -0.143. The van der Waals surface area contributed by atoms with Crippen LogP contribution in [-0.4, -0.2) is 37.7 Å². The van der Waals surface area contributed by atoms with Crippen LogP contribution < -0.4 is 14.8 Å². The van der Waals surface area contributed by atoms with E-state index < -0.39 is 11.4 Å². The zero-order valence-electron chi connectivity index (χ0n) is 12.4. The smallest absolute Gasteiger partial charge is 0.311 e. The minimum absolute atomic E-state index is 0.139. The van der Waals surface area contributed by atoms with E-state index >= 15 is 0 Å². The monoisotopic (exact) mass is 293 g/mol. The normalized spacial score (nSPS) is 15.2. The van der Waals surface area contributed by atoms with Gasteiger partial charge in [-0.1, -0.05) is 0 Å². The SMILES string of the molecule is COc1cc(C(=O)NCC2(C(=O)O)CC2)cc(OC)c1C. The Morgan fingerprint density at radius 3 is 2.14 bits per heavy atom. The molecule has 0 atom stereocenters. The van der Waals surface area contributed by atoms with E-state index in [1.165, 1.54) is 14.2 Å². The highest BCUT2D eigenvalue weighted by Gasteiger charge is 2.50. The van der Waals surface area contributed by atoms with E-state index in [-0.39, 0.29) is 12.5 Å². The first-order valence-corrected chi connectivity index (χ1v) is 6.68. The number of amides is 1. The number of benzene rings is 1. The molecule has 0 aliphatic heterocycles. The van der Waals surface area contributed by atoms with Crippen molar-refractivity contribution in [3.63, 3.8) is 0 Å². The molecule has 1 amide bonds. The zero-order chi connectivity index (χ0) is 15.6. The molecule has 2 N–H and O–H groups in total. The average molecular weight is 293 g/mol. The van der Waals surface area contributed by atoms with Crippen LogP contribution in [0, 0.1) is 12.3 Å². The molecule has 0 bridgehead atoms. The molecule has 1 aliphatic carbocycles. The number of carboxylic acid groups (broad SMARTS) is 1. The van der Waals surface area contributed by atoms with Crippen LogP contribution >= 0.6 is 0 Å². The predicted molar refractivity (Wildman–Crippen MR) is 75.9 cm³/mol. The van der Waals surface area contributed by atoms with Crippen LogP contribution in [-0.2, 0) is 4.79 Å². The summed E-state index contributed by atoms with van der Waals surface area (Å²) < 4.78 is 10.4. The zero-order valence-corrected chi connectivity index (χ0v) is 12.4. The molecule has 1 aliphatic rings. The second kappa shape index (κ2) is 5.63. The molecule has 0 saturated heterocycles. The summed E-state index contributed by atoms with van der Waals surface area (Å²) in [7, 11) is 3.04. The van der Waals surface area contributed by atoms with Gasteiger partial charge >= 0.3 is 5.97 Å². The van der Waals surface area contributed by atoms with Gasteiger partial charge in [-0.25, -0.2) is 0 Å². The van der Waals surface area contributed by atoms with Gasteiger partial charge in [0.1, 0.15) is 11.5 Å². The standard InChI is InChI=1S/C15H19NO5/c1-9-11(20-2)6-10(7-12(9)21-3)13(17)16-8-15(4-5-15)14(18)19/h6-7H,4-5,8H2,1-3H3,(H,16,17)(H,18,19). The van der Waals surface area contributed by atoms with Crippen LogP contribution in [0.2, 0.25) is 0 Å². The van der Waals surface area contributed by atoms with Gasteiger partial charge in [-0.3, -0.25) is 9.59 Å². The van der Waals surface area contributed by atoms with Crippen molar-refractivity contribution < 1.29 is 24.2 Å². The van der Waals surface area contributed by atoms with E-state index in [2.05, 4.69) is 5.32 Å². The van der Waals surface area contributed by atoms with Crippen LogP contribution in [0.1, 0.15) is 28.8 Å². The van der Waals surface area contributed by atoms with Crippen LogP contribution in [0.25, 0.3) is 0 Å². The number of hydrogen-bond donors (Lipinski definition) is 2. The van der Waals surface area contributed by atoms with Crippen molar-refractivity contribution in [1.82, 2.24) is 5.32 Å². The van der Waals surface area contributed by atoms with Gasteiger partial charge in [0, 0.05) is 17.7 Å². The lowest BCUT2D eigenvalue weighted by Crippen LogP contribution is -2.34. The third-order valence-electron chi connectivity index (χ3n) is 3.91. The number of carboxylic acids is 1. The van der Waals surface area contributed by atoms with E-state index in [1.807, 2.05) is 6.92 Å². The Labute approximate surface area is 123 Å². The molecule has 6 heteroatoms. The van der Waals surface area contributed by atoms with Gasteiger partial charge in [-0.15, -0.1) is 0 Å². The van der Waals surface area contributed by atoms with E-state index in [0.29, 0.717) is 29.9 Å². The first-order chi connectivity index (χ1) is 9.93. The molecule has 1 saturated carbocycles. The fourth-order valence-electron chi connectivity index (χ4n) is 2.19. The van der Waals surface area contributed by atoms with Gasteiger partial charge in [0.05, 0.1) is 19.6 Å². The number of carbonyl (C=O) groups excluding carboxylic acids is 1. The second-order valence-electron chi connectivity index (χ2n) is 5.27. The fraction of sp³-hybridized carbons (Fsp3) is 0.467. The molecular formula is C15H19NO5. The summed E-state index contributed by atoms with van der Waals surface area (Å²) in [5.74, 6) is -0.0845. The van der Waals surface area contributed by atoms with Crippen molar-refractivity contribution in [3.05, 3.63) is 23.3 Å². The molecule has 2 rings (SSSR count). The number of aliphatic carboxylic acids is 1. The van der Waals surface area contributed by atoms with E-state index in [0.717, 1.165) is 5.56 Å². The lowest BCUT2D eigenvalue weighted by Gasteiger charge is -2.14. The Balaban J connectivity index is 2.14. The highest BCUT2D eigenvalue weighted by molar-refractivity contribution is 5.95. The Morgan fingerprint density at radius 2 is 1.76 bits per heavy atom. The van der Waals surface area contributed by atoms with Crippen LogP contribution in [0.4, 0.5) is 0 Å². The van der Waals surface area contributed by atoms with Gasteiger partial charge < -0.3 is 19.9 Å². The highest BCUT2D eigenvalue weighted by Crippen LogP contribution is 2.45. The Kier molecular flexibility index (Phi) is 4.06. The quantitative estimate of drug-likeness (QED) is 0.832. The number of methoxy groups -OCH3 is 2. The largest absolute Gasteiger partial charge is 0.496 e. The van der Waals surface area contributed by atoms with Gasteiger partial charge in [-0.05, 0) is 31.9 Å². The maximum atomic E-state index is 12.2. The summed E-state index contributed by atoms with van der Waals surface area (Å²) in [5.41, 5.74) is 0.408. The minimum atomic E-state index is -0.859. The van der Waals surface area contributed by atoms with Crippen LogP contribution in [0.15, 0.2) is 12.1 Å². The first-order valence-electron chi connectivity index (χ1n) is 6.68. The summed E-state index contributed by atoms with van der Waals surface area (Å²) in [4.78, 5) is 23.3. The molecule has 1 aromatic carbocycles. The lowest BCUT2D eigenvalue weighted by atomic mass is 10.1. The first kappa shape index (κ1) is 15.2. The number of ether oxygens (including phenoxy) is 2. The Bertz CT molecular complexity index is 552. The number of rotatable bonds is 6. The van der Waals surface area contributed by atoms with Crippen molar-refractivity contribution in [2.45, 2.75) is 19.8 Å². The average Bonchev–Trinajstić information content (AvgIpc) is 3.26. The van der Waals surface area contributed by atoms with E-state index in [4.69, 9.17) is 14.6 Å². The Morgan fingerprint density at radius 1 is 1.24 bits per heavy atom.